The molecule has 0 spiro atoms. The lowest BCUT2D eigenvalue weighted by atomic mass is 10.1. The Bertz CT molecular complexity index is 398. The van der Waals surface area contributed by atoms with Crippen LogP contribution in [0.3, 0.4) is 0 Å². The number of aromatic nitrogens is 1. The first kappa shape index (κ1) is 13.0. The number of nitriles is 1. The molecule has 2 heterocycles. The van der Waals surface area contributed by atoms with E-state index in [0.29, 0.717) is 12.5 Å². The molecule has 0 aromatic carbocycles. The van der Waals surface area contributed by atoms with Gasteiger partial charge in [0.15, 0.2) is 0 Å². The van der Waals surface area contributed by atoms with Crippen LogP contribution >= 0.6 is 0 Å². The maximum atomic E-state index is 8.97. The Labute approximate surface area is 109 Å². The summed E-state index contributed by atoms with van der Waals surface area (Å²) in [6.45, 7) is 3.98. The van der Waals surface area contributed by atoms with Gasteiger partial charge in [-0.15, -0.1) is 0 Å². The Balaban J connectivity index is 2.05. The average Bonchev–Trinajstić information content (AvgIpc) is 2.54. The van der Waals surface area contributed by atoms with Crippen molar-refractivity contribution >= 4 is 0 Å². The molecule has 4 heteroatoms. The number of rotatable bonds is 3. The summed E-state index contributed by atoms with van der Waals surface area (Å²) in [5, 5.41) is 8.97. The van der Waals surface area contributed by atoms with E-state index in [1.54, 1.807) is 0 Å². The van der Waals surface area contributed by atoms with Gasteiger partial charge in [-0.3, -0.25) is 9.88 Å². The molecule has 0 radical (unpaired) electrons. The summed E-state index contributed by atoms with van der Waals surface area (Å²) >= 11 is 0. The third-order valence-electron chi connectivity index (χ3n) is 3.44. The maximum absolute atomic E-state index is 8.97. The Kier molecular flexibility index (Phi) is 4.68. The van der Waals surface area contributed by atoms with Crippen LogP contribution in [0.5, 0.6) is 0 Å². The van der Waals surface area contributed by atoms with Gasteiger partial charge in [-0.1, -0.05) is 6.07 Å². The Morgan fingerprint density at radius 3 is 3.06 bits per heavy atom. The maximum Gasteiger partial charge on any atom is 0.0638 e. The number of pyridine rings is 1. The smallest absolute Gasteiger partial charge is 0.0638 e. The van der Waals surface area contributed by atoms with E-state index in [-0.39, 0.29) is 0 Å². The standard InChI is InChI=1S/C14H20N4/c1-17-9-4-10-18(14(12-17)6-7-15)11-13-5-2-3-8-16-13/h2-3,5,8,14H,4,6,9-12H2,1H3. The first-order chi connectivity index (χ1) is 8.79. The van der Waals surface area contributed by atoms with Crippen LogP contribution in [0.4, 0.5) is 0 Å². The topological polar surface area (TPSA) is 43.2 Å². The summed E-state index contributed by atoms with van der Waals surface area (Å²) in [5.41, 5.74) is 1.09. The first-order valence-electron chi connectivity index (χ1n) is 6.49. The van der Waals surface area contributed by atoms with Crippen molar-refractivity contribution in [2.45, 2.75) is 25.4 Å². The van der Waals surface area contributed by atoms with Gasteiger partial charge in [0.05, 0.1) is 18.2 Å². The fraction of sp³-hybridized carbons (Fsp3) is 0.571. The zero-order valence-corrected chi connectivity index (χ0v) is 10.9. The third-order valence-corrected chi connectivity index (χ3v) is 3.44. The molecule has 1 fully saturated rings. The van der Waals surface area contributed by atoms with Crippen molar-refractivity contribution in [2.75, 3.05) is 26.7 Å². The van der Waals surface area contributed by atoms with Gasteiger partial charge < -0.3 is 4.90 Å². The summed E-state index contributed by atoms with van der Waals surface area (Å²) in [6, 6.07) is 8.65. The van der Waals surface area contributed by atoms with Gasteiger partial charge in [-0.25, -0.2) is 0 Å². The van der Waals surface area contributed by atoms with Gasteiger partial charge in [0, 0.05) is 31.9 Å². The molecule has 1 unspecified atom stereocenters. The lowest BCUT2D eigenvalue weighted by molar-refractivity contribution is 0.181. The van der Waals surface area contributed by atoms with E-state index in [1.165, 1.54) is 0 Å². The van der Waals surface area contributed by atoms with Gasteiger partial charge >= 0.3 is 0 Å². The van der Waals surface area contributed by atoms with Crippen LogP contribution in [0.25, 0.3) is 0 Å². The molecule has 1 aromatic rings. The van der Waals surface area contributed by atoms with E-state index in [9.17, 15) is 0 Å². The molecule has 2 rings (SSSR count). The van der Waals surface area contributed by atoms with Crippen molar-refractivity contribution in [1.29, 1.82) is 5.26 Å². The molecule has 0 bridgehead atoms. The second kappa shape index (κ2) is 6.48. The molecule has 4 nitrogen and oxygen atoms in total. The minimum atomic E-state index is 0.324. The molecule has 1 atom stereocenters. The van der Waals surface area contributed by atoms with Gasteiger partial charge in [-0.2, -0.15) is 5.26 Å². The highest BCUT2D eigenvalue weighted by Gasteiger charge is 2.23. The largest absolute Gasteiger partial charge is 0.305 e. The zero-order valence-electron chi connectivity index (χ0n) is 10.9. The van der Waals surface area contributed by atoms with Crippen LogP contribution in [0.15, 0.2) is 24.4 Å². The Morgan fingerprint density at radius 1 is 1.44 bits per heavy atom. The third kappa shape index (κ3) is 3.52. The normalized spacial score (nSPS) is 22.3. The quantitative estimate of drug-likeness (QED) is 0.808. The number of hydrogen-bond donors (Lipinski definition) is 0. The highest BCUT2D eigenvalue weighted by Crippen LogP contribution is 2.14. The second-order valence-corrected chi connectivity index (χ2v) is 4.92. The summed E-state index contributed by atoms with van der Waals surface area (Å²) in [6.07, 6.45) is 3.58. The highest BCUT2D eigenvalue weighted by molar-refractivity contribution is 5.04. The zero-order chi connectivity index (χ0) is 12.8. The molecule has 0 aliphatic carbocycles. The molecule has 0 amide bonds. The first-order valence-corrected chi connectivity index (χ1v) is 6.49. The highest BCUT2D eigenvalue weighted by atomic mass is 15.2. The molecule has 1 saturated heterocycles. The van der Waals surface area contributed by atoms with Gasteiger partial charge in [0.2, 0.25) is 0 Å². The molecular formula is C14H20N4. The van der Waals surface area contributed by atoms with Gasteiger partial charge in [-0.05, 0) is 32.1 Å². The van der Waals surface area contributed by atoms with Crippen LogP contribution in [-0.4, -0.2) is 47.5 Å². The minimum Gasteiger partial charge on any atom is -0.305 e. The van der Waals surface area contributed by atoms with E-state index in [2.05, 4.69) is 34.0 Å². The van der Waals surface area contributed by atoms with Crippen LogP contribution in [-0.2, 0) is 6.54 Å². The van der Waals surface area contributed by atoms with Crippen LogP contribution in [0.1, 0.15) is 18.5 Å². The van der Waals surface area contributed by atoms with E-state index in [1.807, 2.05) is 18.3 Å². The predicted molar refractivity (Wildman–Crippen MR) is 70.8 cm³/mol. The van der Waals surface area contributed by atoms with Crippen molar-refractivity contribution in [3.63, 3.8) is 0 Å². The monoisotopic (exact) mass is 244 g/mol. The average molecular weight is 244 g/mol. The summed E-state index contributed by atoms with van der Waals surface area (Å²) in [5.74, 6) is 0. The predicted octanol–water partition coefficient (Wildman–Crippen LogP) is 1.50. The Morgan fingerprint density at radius 2 is 2.33 bits per heavy atom. The van der Waals surface area contributed by atoms with E-state index < -0.39 is 0 Å². The summed E-state index contributed by atoms with van der Waals surface area (Å²) in [4.78, 5) is 9.10. The molecule has 1 aliphatic rings. The van der Waals surface area contributed by atoms with Gasteiger partial charge in [0.1, 0.15) is 0 Å². The number of hydrogen-bond acceptors (Lipinski definition) is 4. The van der Waals surface area contributed by atoms with Crippen molar-refractivity contribution < 1.29 is 0 Å². The summed E-state index contributed by atoms with van der Waals surface area (Å²) < 4.78 is 0. The molecule has 96 valence electrons. The molecule has 0 N–H and O–H groups in total. The molecule has 18 heavy (non-hydrogen) atoms. The van der Waals surface area contributed by atoms with Crippen LogP contribution in [0, 0.1) is 11.3 Å². The SMILES string of the molecule is CN1CCCN(Cc2ccccn2)C(CC#N)C1. The number of nitrogens with zero attached hydrogens (tertiary/aromatic N) is 4. The molecule has 0 saturated carbocycles. The minimum absolute atomic E-state index is 0.324. The lowest BCUT2D eigenvalue weighted by Gasteiger charge is -2.28. The van der Waals surface area contributed by atoms with Gasteiger partial charge in [0.25, 0.3) is 0 Å². The fourth-order valence-corrected chi connectivity index (χ4v) is 2.50. The van der Waals surface area contributed by atoms with E-state index in [4.69, 9.17) is 5.26 Å². The van der Waals surface area contributed by atoms with E-state index >= 15 is 0 Å². The number of likely N-dealkylation sites (N-methyl/N-ethyl adjacent to an activating group) is 1. The molecular weight excluding hydrogens is 224 g/mol. The molecule has 1 aromatic heterocycles. The lowest BCUT2D eigenvalue weighted by Crippen LogP contribution is -2.39. The second-order valence-electron chi connectivity index (χ2n) is 4.92. The van der Waals surface area contributed by atoms with Crippen LogP contribution < -0.4 is 0 Å². The van der Waals surface area contributed by atoms with Crippen molar-refractivity contribution in [3.05, 3.63) is 30.1 Å². The Hall–Kier alpha value is -1.44. The summed E-state index contributed by atoms with van der Waals surface area (Å²) in [7, 11) is 2.13. The fourth-order valence-electron chi connectivity index (χ4n) is 2.50. The van der Waals surface area contributed by atoms with Crippen molar-refractivity contribution in [2.24, 2.45) is 0 Å². The van der Waals surface area contributed by atoms with Crippen molar-refractivity contribution in [3.8, 4) is 6.07 Å². The molecule has 1 aliphatic heterocycles. The van der Waals surface area contributed by atoms with Crippen LogP contribution in [0.2, 0.25) is 0 Å². The van der Waals surface area contributed by atoms with Crippen molar-refractivity contribution in [1.82, 2.24) is 14.8 Å². The van der Waals surface area contributed by atoms with E-state index in [0.717, 1.165) is 38.3 Å².